The van der Waals surface area contributed by atoms with Crippen molar-refractivity contribution in [3.8, 4) is 0 Å². The van der Waals surface area contributed by atoms with Crippen LogP contribution in [0, 0.1) is 0 Å². The van der Waals surface area contributed by atoms with E-state index in [1.54, 1.807) is 0 Å². The van der Waals surface area contributed by atoms with E-state index >= 15 is 0 Å². The summed E-state index contributed by atoms with van der Waals surface area (Å²) in [6.45, 7) is 2.35. The molecule has 1 aliphatic heterocycles. The Labute approximate surface area is 120 Å². The average molecular weight is 267 g/mol. The molecule has 0 saturated carbocycles. The van der Waals surface area contributed by atoms with Gasteiger partial charge in [-0.3, -0.25) is 4.90 Å². The molecule has 3 rings (SSSR count). The monoisotopic (exact) mass is 267 g/mol. The number of hydrogen-bond acceptors (Lipinski definition) is 2. The molecule has 20 heavy (non-hydrogen) atoms. The van der Waals surface area contributed by atoms with Crippen molar-refractivity contribution in [3.63, 3.8) is 0 Å². The normalized spacial score (nSPS) is 17.6. The largest absolute Gasteiger partial charge is 0.395 e. The van der Waals surface area contributed by atoms with Gasteiger partial charge in [-0.2, -0.15) is 0 Å². The molecule has 2 aromatic carbocycles. The van der Waals surface area contributed by atoms with Gasteiger partial charge in [0, 0.05) is 25.0 Å². The maximum absolute atomic E-state index is 9.64. The SMILES string of the molecule is OCC(Cc1ccccc1)N1CC(c2ccccc2)C1. The van der Waals surface area contributed by atoms with Crippen molar-refractivity contribution >= 4 is 0 Å². The van der Waals surface area contributed by atoms with Crippen LogP contribution in [0.5, 0.6) is 0 Å². The van der Waals surface area contributed by atoms with E-state index in [2.05, 4.69) is 59.5 Å². The second kappa shape index (κ2) is 6.21. The molecule has 1 atom stereocenters. The van der Waals surface area contributed by atoms with E-state index in [9.17, 15) is 5.11 Å². The van der Waals surface area contributed by atoms with Crippen LogP contribution in [-0.2, 0) is 6.42 Å². The predicted molar refractivity (Wildman–Crippen MR) is 81.8 cm³/mol. The number of rotatable bonds is 5. The Morgan fingerprint density at radius 1 is 0.950 bits per heavy atom. The van der Waals surface area contributed by atoms with Crippen LogP contribution in [-0.4, -0.2) is 35.7 Å². The van der Waals surface area contributed by atoms with Crippen LogP contribution in [0.1, 0.15) is 17.0 Å². The number of hydrogen-bond donors (Lipinski definition) is 1. The van der Waals surface area contributed by atoms with Crippen LogP contribution >= 0.6 is 0 Å². The zero-order valence-corrected chi connectivity index (χ0v) is 11.7. The lowest BCUT2D eigenvalue weighted by Crippen LogP contribution is -2.52. The van der Waals surface area contributed by atoms with Crippen LogP contribution in [0.2, 0.25) is 0 Å². The van der Waals surface area contributed by atoms with Gasteiger partial charge in [-0.05, 0) is 17.5 Å². The van der Waals surface area contributed by atoms with Crippen LogP contribution in [0.15, 0.2) is 60.7 Å². The lowest BCUT2D eigenvalue weighted by molar-refractivity contribution is 0.0534. The van der Waals surface area contributed by atoms with E-state index in [0.29, 0.717) is 5.92 Å². The lowest BCUT2D eigenvalue weighted by Gasteiger charge is -2.44. The van der Waals surface area contributed by atoms with Crippen LogP contribution in [0.3, 0.4) is 0 Å². The maximum Gasteiger partial charge on any atom is 0.0590 e. The number of aliphatic hydroxyl groups is 1. The molecular formula is C18H21NO. The summed E-state index contributed by atoms with van der Waals surface area (Å²) in [7, 11) is 0. The molecule has 0 aromatic heterocycles. The minimum atomic E-state index is 0.233. The fourth-order valence-corrected chi connectivity index (χ4v) is 2.94. The third kappa shape index (κ3) is 2.92. The Morgan fingerprint density at radius 3 is 2.15 bits per heavy atom. The molecule has 0 amide bonds. The van der Waals surface area contributed by atoms with E-state index in [1.807, 2.05) is 6.07 Å². The lowest BCUT2D eigenvalue weighted by atomic mass is 9.89. The highest BCUT2D eigenvalue weighted by molar-refractivity contribution is 5.23. The molecule has 1 aliphatic rings. The number of benzene rings is 2. The second-order valence-electron chi connectivity index (χ2n) is 5.59. The van der Waals surface area contributed by atoms with Crippen molar-refractivity contribution in [3.05, 3.63) is 71.8 Å². The first kappa shape index (κ1) is 13.3. The van der Waals surface area contributed by atoms with Crippen molar-refractivity contribution in [2.75, 3.05) is 19.7 Å². The van der Waals surface area contributed by atoms with E-state index in [-0.39, 0.29) is 12.6 Å². The number of likely N-dealkylation sites (tertiary alicyclic amines) is 1. The summed E-state index contributed by atoms with van der Waals surface area (Å²) >= 11 is 0. The number of aliphatic hydroxyl groups excluding tert-OH is 1. The van der Waals surface area contributed by atoms with Crippen LogP contribution in [0.4, 0.5) is 0 Å². The van der Waals surface area contributed by atoms with Gasteiger partial charge < -0.3 is 5.11 Å². The molecule has 1 fully saturated rings. The van der Waals surface area contributed by atoms with E-state index in [0.717, 1.165) is 19.5 Å². The average Bonchev–Trinajstić information content (AvgIpc) is 2.47. The van der Waals surface area contributed by atoms with Crippen LogP contribution < -0.4 is 0 Å². The molecule has 2 heteroatoms. The fraction of sp³-hybridized carbons (Fsp3) is 0.333. The molecule has 2 nitrogen and oxygen atoms in total. The Bertz CT molecular complexity index is 520. The molecule has 0 aliphatic carbocycles. The summed E-state index contributed by atoms with van der Waals surface area (Å²) in [5.74, 6) is 0.626. The zero-order chi connectivity index (χ0) is 13.8. The first-order valence-corrected chi connectivity index (χ1v) is 7.30. The van der Waals surface area contributed by atoms with Gasteiger partial charge in [0.1, 0.15) is 0 Å². The standard InChI is InChI=1S/C18H21NO/c20-14-18(11-15-7-3-1-4-8-15)19-12-17(13-19)16-9-5-2-6-10-16/h1-10,17-18,20H,11-14H2. The first-order chi connectivity index (χ1) is 9.86. The maximum atomic E-state index is 9.64. The van der Waals surface area contributed by atoms with Gasteiger partial charge in [-0.1, -0.05) is 60.7 Å². The van der Waals surface area contributed by atoms with E-state index in [1.165, 1.54) is 11.1 Å². The van der Waals surface area contributed by atoms with Crippen molar-refractivity contribution < 1.29 is 5.11 Å². The molecule has 2 aromatic rings. The predicted octanol–water partition coefficient (Wildman–Crippen LogP) is 2.69. The third-order valence-corrected chi connectivity index (χ3v) is 4.22. The minimum absolute atomic E-state index is 0.233. The summed E-state index contributed by atoms with van der Waals surface area (Å²) in [6.07, 6.45) is 0.929. The van der Waals surface area contributed by atoms with Crippen molar-refractivity contribution in [1.82, 2.24) is 4.90 Å². The molecule has 0 spiro atoms. The molecule has 1 heterocycles. The van der Waals surface area contributed by atoms with Crippen molar-refractivity contribution in [1.29, 1.82) is 0 Å². The van der Waals surface area contributed by atoms with Crippen molar-refractivity contribution in [2.45, 2.75) is 18.4 Å². The Balaban J connectivity index is 1.57. The summed E-state index contributed by atoms with van der Waals surface area (Å²) in [4.78, 5) is 2.39. The van der Waals surface area contributed by atoms with Gasteiger partial charge in [0.05, 0.1) is 6.61 Å². The van der Waals surface area contributed by atoms with Gasteiger partial charge in [0.2, 0.25) is 0 Å². The smallest absolute Gasteiger partial charge is 0.0590 e. The van der Waals surface area contributed by atoms with Gasteiger partial charge in [-0.25, -0.2) is 0 Å². The van der Waals surface area contributed by atoms with Gasteiger partial charge in [0.25, 0.3) is 0 Å². The summed E-state index contributed by atoms with van der Waals surface area (Å²) in [5, 5.41) is 9.64. The molecular weight excluding hydrogens is 246 g/mol. The van der Waals surface area contributed by atoms with E-state index in [4.69, 9.17) is 0 Å². The fourth-order valence-electron chi connectivity index (χ4n) is 2.94. The summed E-state index contributed by atoms with van der Waals surface area (Å²) in [6, 6.07) is 21.3. The Morgan fingerprint density at radius 2 is 1.55 bits per heavy atom. The van der Waals surface area contributed by atoms with Gasteiger partial charge >= 0.3 is 0 Å². The van der Waals surface area contributed by atoms with Crippen LogP contribution in [0.25, 0.3) is 0 Å². The molecule has 1 saturated heterocycles. The second-order valence-corrected chi connectivity index (χ2v) is 5.59. The quantitative estimate of drug-likeness (QED) is 0.900. The zero-order valence-electron chi connectivity index (χ0n) is 11.7. The highest BCUT2D eigenvalue weighted by Crippen LogP contribution is 2.29. The Hall–Kier alpha value is -1.64. The third-order valence-electron chi connectivity index (χ3n) is 4.22. The topological polar surface area (TPSA) is 23.5 Å². The molecule has 104 valence electrons. The molecule has 1 unspecified atom stereocenters. The Kier molecular flexibility index (Phi) is 4.14. The first-order valence-electron chi connectivity index (χ1n) is 7.30. The summed E-state index contributed by atoms with van der Waals surface area (Å²) < 4.78 is 0. The molecule has 0 bridgehead atoms. The number of nitrogens with zero attached hydrogens (tertiary/aromatic N) is 1. The van der Waals surface area contributed by atoms with E-state index < -0.39 is 0 Å². The van der Waals surface area contributed by atoms with Crippen molar-refractivity contribution in [2.24, 2.45) is 0 Å². The van der Waals surface area contributed by atoms with Gasteiger partial charge in [0.15, 0.2) is 0 Å². The highest BCUT2D eigenvalue weighted by Gasteiger charge is 2.32. The molecule has 0 radical (unpaired) electrons. The minimum Gasteiger partial charge on any atom is -0.395 e. The summed E-state index contributed by atoms with van der Waals surface area (Å²) in [5.41, 5.74) is 2.72. The molecule has 1 N–H and O–H groups in total. The van der Waals surface area contributed by atoms with Gasteiger partial charge in [-0.15, -0.1) is 0 Å². The highest BCUT2D eigenvalue weighted by atomic mass is 16.3.